The highest BCUT2D eigenvalue weighted by Gasteiger charge is 2.41. The van der Waals surface area contributed by atoms with Gasteiger partial charge < -0.3 is 9.80 Å². The third kappa shape index (κ3) is 5.38. The largest absolute Gasteiger partial charge is 0.416 e. The number of hydrogen-bond donors (Lipinski definition) is 1. The lowest BCUT2D eigenvalue weighted by atomic mass is 10.0. The summed E-state index contributed by atoms with van der Waals surface area (Å²) in [5.74, 6) is -1.82. The zero-order chi connectivity index (χ0) is 27.0. The molecule has 2 fully saturated rings. The summed E-state index contributed by atoms with van der Waals surface area (Å²) in [5.41, 5.74) is 1.57. The van der Waals surface area contributed by atoms with Crippen LogP contribution >= 0.6 is 0 Å². The highest BCUT2D eigenvalue weighted by Crippen LogP contribution is 2.35. The van der Waals surface area contributed by atoms with E-state index in [0.29, 0.717) is 55.8 Å². The van der Waals surface area contributed by atoms with Crippen molar-refractivity contribution < 1.29 is 31.9 Å². The first-order valence-corrected chi connectivity index (χ1v) is 12.7. The molecule has 1 atom stereocenters. The van der Waals surface area contributed by atoms with E-state index < -0.39 is 35.4 Å². The number of rotatable bonds is 6. The zero-order valence-electron chi connectivity index (χ0n) is 20.7. The molecule has 5 rings (SSSR count). The van der Waals surface area contributed by atoms with Crippen LogP contribution in [-0.4, -0.2) is 66.3 Å². The molecule has 7 nitrogen and oxygen atoms in total. The first kappa shape index (κ1) is 26.1. The molecule has 0 aliphatic carbocycles. The number of fused-ring (bicyclic) bond motifs is 1. The number of imide groups is 1. The van der Waals surface area contributed by atoms with Gasteiger partial charge in [0.25, 0.3) is 5.91 Å². The van der Waals surface area contributed by atoms with Crippen molar-refractivity contribution in [2.75, 3.05) is 37.6 Å². The molecule has 1 unspecified atom stereocenters. The number of aryl methyl sites for hydroxylation is 1. The van der Waals surface area contributed by atoms with Crippen molar-refractivity contribution in [3.05, 3.63) is 64.5 Å². The van der Waals surface area contributed by atoms with Gasteiger partial charge in [0.05, 0.1) is 5.56 Å². The fraction of sp³-hybridized carbons (Fsp3) is 0.444. The van der Waals surface area contributed by atoms with E-state index in [0.717, 1.165) is 12.6 Å². The Morgan fingerprint density at radius 2 is 1.76 bits per heavy atom. The zero-order valence-corrected chi connectivity index (χ0v) is 20.7. The van der Waals surface area contributed by atoms with Crippen LogP contribution < -0.4 is 10.2 Å². The lowest BCUT2D eigenvalue weighted by molar-refractivity contribution is -0.138. The van der Waals surface area contributed by atoms with E-state index in [1.54, 1.807) is 6.07 Å². The van der Waals surface area contributed by atoms with E-state index >= 15 is 0 Å². The van der Waals surface area contributed by atoms with Gasteiger partial charge in [0, 0.05) is 56.0 Å². The van der Waals surface area contributed by atoms with E-state index in [9.17, 15) is 31.9 Å². The van der Waals surface area contributed by atoms with Crippen LogP contribution in [0.25, 0.3) is 0 Å². The molecule has 3 heterocycles. The van der Waals surface area contributed by atoms with E-state index in [1.807, 2.05) is 4.90 Å². The molecule has 3 aliphatic rings. The van der Waals surface area contributed by atoms with Crippen LogP contribution in [0.1, 0.15) is 46.3 Å². The molecule has 0 spiro atoms. The van der Waals surface area contributed by atoms with Crippen molar-refractivity contribution in [1.29, 1.82) is 0 Å². The Balaban J connectivity index is 1.19. The lowest BCUT2D eigenvalue weighted by Crippen LogP contribution is -2.52. The van der Waals surface area contributed by atoms with E-state index in [1.165, 1.54) is 29.2 Å². The molecule has 11 heteroatoms. The van der Waals surface area contributed by atoms with E-state index in [4.69, 9.17) is 0 Å². The summed E-state index contributed by atoms with van der Waals surface area (Å²) in [6.45, 7) is 3.50. The van der Waals surface area contributed by atoms with Crippen LogP contribution in [0, 0.1) is 5.82 Å². The third-order valence-corrected chi connectivity index (χ3v) is 7.50. The summed E-state index contributed by atoms with van der Waals surface area (Å²) >= 11 is 0. The fourth-order valence-electron chi connectivity index (χ4n) is 5.51. The van der Waals surface area contributed by atoms with Gasteiger partial charge in [-0.25, -0.2) is 4.39 Å². The molecule has 2 aromatic carbocycles. The van der Waals surface area contributed by atoms with Crippen LogP contribution in [-0.2, 0) is 28.7 Å². The Labute approximate surface area is 217 Å². The van der Waals surface area contributed by atoms with Gasteiger partial charge in [0.1, 0.15) is 11.9 Å². The van der Waals surface area contributed by atoms with Gasteiger partial charge >= 0.3 is 6.18 Å². The maximum Gasteiger partial charge on any atom is 0.416 e. The van der Waals surface area contributed by atoms with Crippen molar-refractivity contribution >= 4 is 23.4 Å². The Hall–Kier alpha value is -3.47. The van der Waals surface area contributed by atoms with Crippen molar-refractivity contribution in [1.82, 2.24) is 15.1 Å². The number of piperidine rings is 1. The number of benzene rings is 2. The quantitative estimate of drug-likeness (QED) is 0.457. The smallest absolute Gasteiger partial charge is 0.369 e. The second-order valence-electron chi connectivity index (χ2n) is 9.98. The van der Waals surface area contributed by atoms with Crippen LogP contribution in [0.2, 0.25) is 0 Å². The van der Waals surface area contributed by atoms with Crippen LogP contribution in [0.4, 0.5) is 23.2 Å². The van der Waals surface area contributed by atoms with Gasteiger partial charge in [-0.3, -0.25) is 24.6 Å². The van der Waals surface area contributed by atoms with Crippen molar-refractivity contribution in [2.24, 2.45) is 0 Å². The third-order valence-electron chi connectivity index (χ3n) is 7.50. The van der Waals surface area contributed by atoms with Gasteiger partial charge in [0.15, 0.2) is 0 Å². The highest BCUT2D eigenvalue weighted by atomic mass is 19.4. The molecule has 0 bridgehead atoms. The first-order valence-electron chi connectivity index (χ1n) is 12.7. The molecular weight excluding hydrogens is 504 g/mol. The number of alkyl halides is 3. The summed E-state index contributed by atoms with van der Waals surface area (Å²) in [7, 11) is 0. The molecule has 3 amide bonds. The molecule has 1 N–H and O–H groups in total. The summed E-state index contributed by atoms with van der Waals surface area (Å²) in [6.07, 6.45) is -2.71. The minimum Gasteiger partial charge on any atom is -0.369 e. The molecule has 2 saturated heterocycles. The average molecular weight is 533 g/mol. The Bertz CT molecular complexity index is 1260. The number of anilines is 1. The second-order valence-corrected chi connectivity index (χ2v) is 9.98. The molecule has 0 radical (unpaired) electrons. The average Bonchev–Trinajstić information content (AvgIpc) is 3.19. The van der Waals surface area contributed by atoms with Crippen LogP contribution in [0.3, 0.4) is 0 Å². The number of piperazine rings is 1. The molecule has 0 saturated carbocycles. The Morgan fingerprint density at radius 3 is 2.47 bits per heavy atom. The number of halogens is 4. The predicted molar refractivity (Wildman–Crippen MR) is 131 cm³/mol. The van der Waals surface area contributed by atoms with Crippen molar-refractivity contribution in [3.8, 4) is 0 Å². The summed E-state index contributed by atoms with van der Waals surface area (Å²) < 4.78 is 53.4. The van der Waals surface area contributed by atoms with Crippen LogP contribution in [0.15, 0.2) is 36.4 Å². The highest BCUT2D eigenvalue weighted by molar-refractivity contribution is 6.06. The number of carbonyl (C=O) groups is 3. The van der Waals surface area contributed by atoms with Crippen molar-refractivity contribution in [3.63, 3.8) is 0 Å². The summed E-state index contributed by atoms with van der Waals surface area (Å²) in [6, 6.07) is 7.26. The van der Waals surface area contributed by atoms with Crippen molar-refractivity contribution in [2.45, 2.75) is 44.4 Å². The summed E-state index contributed by atoms with van der Waals surface area (Å²) in [5, 5.41) is 2.27. The van der Waals surface area contributed by atoms with Gasteiger partial charge in [0.2, 0.25) is 11.8 Å². The minimum absolute atomic E-state index is 0.146. The van der Waals surface area contributed by atoms with Gasteiger partial charge in [-0.2, -0.15) is 13.2 Å². The number of nitrogens with one attached hydrogen (secondary N) is 1. The number of hydrogen-bond acceptors (Lipinski definition) is 5. The van der Waals surface area contributed by atoms with E-state index in [2.05, 4.69) is 10.2 Å². The van der Waals surface area contributed by atoms with Gasteiger partial charge in [-0.1, -0.05) is 18.2 Å². The fourth-order valence-corrected chi connectivity index (χ4v) is 5.51. The van der Waals surface area contributed by atoms with E-state index in [-0.39, 0.29) is 30.9 Å². The Kier molecular flexibility index (Phi) is 7.13. The topological polar surface area (TPSA) is 73.0 Å². The second kappa shape index (κ2) is 10.4. The summed E-state index contributed by atoms with van der Waals surface area (Å²) in [4.78, 5) is 42.6. The molecule has 202 valence electrons. The standard InChI is InChI=1S/C27H28F4N4O3/c28-19-14-20-21(16-35(26(20)38)22-6-7-24(36)32-25(22)37)23(15-19)34-11-9-33(10-12-34)8-2-4-17-3-1-5-18(13-17)27(29,30)31/h1,3,5,13-15,22H,2,4,6-12,16H2,(H,32,36,37). The molecular formula is C27H28F4N4O3. The molecule has 0 aromatic heterocycles. The van der Waals surface area contributed by atoms with Crippen LogP contribution in [0.5, 0.6) is 0 Å². The van der Waals surface area contributed by atoms with Gasteiger partial charge in [-0.15, -0.1) is 0 Å². The normalized spacial score (nSPS) is 20.6. The monoisotopic (exact) mass is 532 g/mol. The number of amides is 3. The minimum atomic E-state index is -4.35. The van der Waals surface area contributed by atoms with Gasteiger partial charge in [-0.05, 0) is 49.6 Å². The number of nitrogens with zero attached hydrogens (tertiary/aromatic N) is 3. The number of carbonyl (C=O) groups excluding carboxylic acids is 3. The molecule has 38 heavy (non-hydrogen) atoms. The lowest BCUT2D eigenvalue weighted by Gasteiger charge is -2.37. The first-order chi connectivity index (χ1) is 18.1. The predicted octanol–water partition coefficient (Wildman–Crippen LogP) is 3.36. The maximum absolute atomic E-state index is 14.6. The Morgan fingerprint density at radius 1 is 1.00 bits per heavy atom. The molecule has 3 aliphatic heterocycles. The molecule has 2 aromatic rings. The SMILES string of the molecule is O=C1CCC(N2Cc3c(cc(F)cc3N3CCN(CCCc4cccc(C(F)(F)F)c4)CC3)C2=O)C(=O)N1. The maximum atomic E-state index is 14.6.